The first-order valence-electron chi connectivity index (χ1n) is 5.69. The Kier molecular flexibility index (Phi) is 4.37. The molecule has 0 heterocycles. The molecule has 0 fully saturated rings. The van der Waals surface area contributed by atoms with Crippen LogP contribution in [-0.2, 0) is 4.79 Å². The lowest BCUT2D eigenvalue weighted by atomic mass is 9.99. The number of hydrogen-bond acceptors (Lipinski definition) is 3. The van der Waals surface area contributed by atoms with Gasteiger partial charge in [-0.1, -0.05) is 13.8 Å². The van der Waals surface area contributed by atoms with Gasteiger partial charge in [-0.15, -0.1) is 0 Å². The molecule has 3 N–H and O–H groups in total. The van der Waals surface area contributed by atoms with Gasteiger partial charge >= 0.3 is 0 Å². The maximum atomic E-state index is 11.2. The average molecular weight is 236 g/mol. The standard InChI is InChI=1S/C13H20N2O2/c1-8(2)10-6-11(14)9(3)5-12(10)17-7-13(16)15-4/h5-6,8H,7,14H2,1-4H3,(H,15,16). The van der Waals surface area contributed by atoms with Crippen molar-refractivity contribution in [2.45, 2.75) is 26.7 Å². The summed E-state index contributed by atoms with van der Waals surface area (Å²) < 4.78 is 5.52. The second-order valence-corrected chi connectivity index (χ2v) is 4.36. The zero-order valence-corrected chi connectivity index (χ0v) is 10.8. The quantitative estimate of drug-likeness (QED) is 0.784. The van der Waals surface area contributed by atoms with E-state index in [-0.39, 0.29) is 12.5 Å². The third-order valence-electron chi connectivity index (χ3n) is 2.66. The largest absolute Gasteiger partial charge is 0.483 e. The van der Waals surface area contributed by atoms with Gasteiger partial charge in [0.1, 0.15) is 5.75 Å². The van der Waals surface area contributed by atoms with Crippen LogP contribution in [0.2, 0.25) is 0 Å². The van der Waals surface area contributed by atoms with Crippen LogP contribution in [0.1, 0.15) is 30.9 Å². The summed E-state index contributed by atoms with van der Waals surface area (Å²) >= 11 is 0. The van der Waals surface area contributed by atoms with E-state index in [2.05, 4.69) is 19.2 Å². The maximum absolute atomic E-state index is 11.2. The van der Waals surface area contributed by atoms with E-state index in [9.17, 15) is 4.79 Å². The zero-order valence-electron chi connectivity index (χ0n) is 10.8. The molecule has 0 aromatic heterocycles. The molecule has 94 valence electrons. The molecule has 17 heavy (non-hydrogen) atoms. The molecule has 1 aromatic rings. The highest BCUT2D eigenvalue weighted by atomic mass is 16.5. The van der Waals surface area contributed by atoms with Crippen molar-refractivity contribution >= 4 is 11.6 Å². The van der Waals surface area contributed by atoms with Gasteiger partial charge in [-0.25, -0.2) is 0 Å². The van der Waals surface area contributed by atoms with Crippen LogP contribution in [0.3, 0.4) is 0 Å². The van der Waals surface area contributed by atoms with E-state index in [1.165, 1.54) is 0 Å². The number of hydrogen-bond donors (Lipinski definition) is 2. The Balaban J connectivity index is 2.96. The number of carbonyl (C=O) groups is 1. The first-order valence-corrected chi connectivity index (χ1v) is 5.69. The van der Waals surface area contributed by atoms with Crippen molar-refractivity contribution in [3.63, 3.8) is 0 Å². The Morgan fingerprint density at radius 1 is 1.47 bits per heavy atom. The first kappa shape index (κ1) is 13.4. The number of likely N-dealkylation sites (N-methyl/N-ethyl adjacent to an activating group) is 1. The Labute approximate surface area is 102 Å². The Bertz CT molecular complexity index is 414. The molecule has 0 aliphatic rings. The second-order valence-electron chi connectivity index (χ2n) is 4.36. The van der Waals surface area contributed by atoms with Crippen LogP contribution in [0.4, 0.5) is 5.69 Å². The summed E-state index contributed by atoms with van der Waals surface area (Å²) in [5, 5.41) is 2.52. The molecule has 4 nitrogen and oxygen atoms in total. The van der Waals surface area contributed by atoms with Gasteiger partial charge in [0.15, 0.2) is 6.61 Å². The highest BCUT2D eigenvalue weighted by Crippen LogP contribution is 2.30. The van der Waals surface area contributed by atoms with Gasteiger partial charge in [-0.2, -0.15) is 0 Å². The number of amides is 1. The van der Waals surface area contributed by atoms with Crippen molar-refractivity contribution in [3.05, 3.63) is 23.3 Å². The molecule has 0 radical (unpaired) electrons. The highest BCUT2D eigenvalue weighted by molar-refractivity contribution is 5.77. The third-order valence-corrected chi connectivity index (χ3v) is 2.66. The van der Waals surface area contributed by atoms with Crippen molar-refractivity contribution < 1.29 is 9.53 Å². The van der Waals surface area contributed by atoms with Crippen molar-refractivity contribution in [2.24, 2.45) is 0 Å². The molecule has 0 unspecified atom stereocenters. The second kappa shape index (κ2) is 5.57. The summed E-state index contributed by atoms with van der Waals surface area (Å²) in [4.78, 5) is 11.2. The average Bonchev–Trinajstić information content (AvgIpc) is 2.29. The molecule has 0 bridgehead atoms. The minimum atomic E-state index is -0.144. The molecule has 1 amide bonds. The van der Waals surface area contributed by atoms with Crippen LogP contribution >= 0.6 is 0 Å². The van der Waals surface area contributed by atoms with Crippen LogP contribution < -0.4 is 15.8 Å². The number of aryl methyl sites for hydroxylation is 1. The van der Waals surface area contributed by atoms with Crippen LogP contribution in [-0.4, -0.2) is 19.6 Å². The third kappa shape index (κ3) is 3.37. The van der Waals surface area contributed by atoms with Gasteiger partial charge in [0.25, 0.3) is 5.91 Å². The van der Waals surface area contributed by atoms with Gasteiger partial charge < -0.3 is 15.8 Å². The van der Waals surface area contributed by atoms with Gasteiger partial charge in [-0.05, 0) is 36.1 Å². The lowest BCUT2D eigenvalue weighted by Crippen LogP contribution is -2.25. The fraction of sp³-hybridized carbons (Fsp3) is 0.462. The number of nitrogens with two attached hydrogens (primary N) is 1. The summed E-state index contributed by atoms with van der Waals surface area (Å²) in [6.45, 7) is 6.08. The topological polar surface area (TPSA) is 64.3 Å². The molecule has 1 aromatic carbocycles. The predicted octanol–water partition coefficient (Wildman–Crippen LogP) is 1.83. The molecule has 4 heteroatoms. The van der Waals surface area contributed by atoms with Crippen LogP contribution in [0.15, 0.2) is 12.1 Å². The SMILES string of the molecule is CNC(=O)COc1cc(C)c(N)cc1C(C)C. The number of anilines is 1. The van der Waals surface area contributed by atoms with E-state index >= 15 is 0 Å². The smallest absolute Gasteiger partial charge is 0.257 e. The monoisotopic (exact) mass is 236 g/mol. The molecule has 0 aliphatic carbocycles. The minimum absolute atomic E-state index is 0.0274. The first-order chi connectivity index (χ1) is 7.95. The molecule has 0 saturated heterocycles. The van der Waals surface area contributed by atoms with Crippen LogP contribution in [0.25, 0.3) is 0 Å². The fourth-order valence-electron chi connectivity index (χ4n) is 1.51. The number of carbonyl (C=O) groups excluding carboxylic acids is 1. The minimum Gasteiger partial charge on any atom is -0.483 e. The summed E-state index contributed by atoms with van der Waals surface area (Å²) in [7, 11) is 1.59. The summed E-state index contributed by atoms with van der Waals surface area (Å²) in [5.41, 5.74) is 8.61. The molecular weight excluding hydrogens is 216 g/mol. The van der Waals surface area contributed by atoms with Crippen molar-refractivity contribution in [1.82, 2.24) is 5.32 Å². The van der Waals surface area contributed by atoms with E-state index in [1.807, 2.05) is 19.1 Å². The molecule has 0 spiro atoms. The fourth-order valence-corrected chi connectivity index (χ4v) is 1.51. The molecule has 0 saturated carbocycles. The Hall–Kier alpha value is -1.71. The predicted molar refractivity (Wildman–Crippen MR) is 69.2 cm³/mol. The van der Waals surface area contributed by atoms with E-state index in [0.717, 1.165) is 22.6 Å². The van der Waals surface area contributed by atoms with E-state index in [1.54, 1.807) is 7.05 Å². The number of nitrogen functional groups attached to an aromatic ring is 1. The lowest BCUT2D eigenvalue weighted by molar-refractivity contribution is -0.122. The van der Waals surface area contributed by atoms with E-state index in [0.29, 0.717) is 5.92 Å². The molecule has 1 rings (SSSR count). The summed E-state index contributed by atoms with van der Waals surface area (Å²) in [5.74, 6) is 0.891. The van der Waals surface area contributed by atoms with Gasteiger partial charge in [0.05, 0.1) is 0 Å². The highest BCUT2D eigenvalue weighted by Gasteiger charge is 2.11. The Morgan fingerprint density at radius 3 is 2.65 bits per heavy atom. The van der Waals surface area contributed by atoms with Crippen molar-refractivity contribution in [2.75, 3.05) is 19.4 Å². The van der Waals surface area contributed by atoms with Crippen molar-refractivity contribution in [3.8, 4) is 5.75 Å². The normalized spacial score (nSPS) is 10.4. The number of rotatable bonds is 4. The van der Waals surface area contributed by atoms with Gasteiger partial charge in [-0.3, -0.25) is 4.79 Å². The number of nitrogens with one attached hydrogen (secondary N) is 1. The van der Waals surface area contributed by atoms with E-state index in [4.69, 9.17) is 10.5 Å². The number of ether oxygens (including phenoxy) is 1. The maximum Gasteiger partial charge on any atom is 0.257 e. The Morgan fingerprint density at radius 2 is 2.12 bits per heavy atom. The van der Waals surface area contributed by atoms with Crippen LogP contribution in [0.5, 0.6) is 5.75 Å². The lowest BCUT2D eigenvalue weighted by Gasteiger charge is -2.16. The summed E-state index contributed by atoms with van der Waals surface area (Å²) in [6.07, 6.45) is 0. The van der Waals surface area contributed by atoms with Crippen molar-refractivity contribution in [1.29, 1.82) is 0 Å². The molecule has 0 atom stereocenters. The molecular formula is C13H20N2O2. The van der Waals surface area contributed by atoms with Gasteiger partial charge in [0.2, 0.25) is 0 Å². The summed E-state index contributed by atoms with van der Waals surface area (Å²) in [6, 6.07) is 3.80. The zero-order chi connectivity index (χ0) is 13.0. The molecule has 0 aliphatic heterocycles. The number of benzene rings is 1. The van der Waals surface area contributed by atoms with Crippen LogP contribution in [0, 0.1) is 6.92 Å². The van der Waals surface area contributed by atoms with Gasteiger partial charge in [0, 0.05) is 12.7 Å². The van der Waals surface area contributed by atoms with E-state index < -0.39 is 0 Å².